The fourth-order valence-electron chi connectivity index (χ4n) is 5.47. The van der Waals surface area contributed by atoms with E-state index in [0.717, 1.165) is 40.8 Å². The van der Waals surface area contributed by atoms with Crippen LogP contribution in [-0.4, -0.2) is 51.4 Å². The normalized spacial score (nSPS) is 22.7. The Morgan fingerprint density at radius 2 is 1.76 bits per heavy atom. The van der Waals surface area contributed by atoms with E-state index in [0.29, 0.717) is 12.8 Å². The van der Waals surface area contributed by atoms with Crippen LogP contribution in [0.2, 0.25) is 10.0 Å². The van der Waals surface area contributed by atoms with E-state index in [1.807, 2.05) is 6.92 Å². The van der Waals surface area contributed by atoms with Gasteiger partial charge in [0, 0.05) is 12.1 Å². The molecule has 13 heteroatoms. The van der Waals surface area contributed by atoms with Gasteiger partial charge in [-0.25, -0.2) is 4.39 Å². The quantitative estimate of drug-likeness (QED) is 0.240. The maximum Gasteiger partial charge on any atom is 0.433 e. The predicted molar refractivity (Wildman–Crippen MR) is 144 cm³/mol. The minimum absolute atomic E-state index is 0.0212. The van der Waals surface area contributed by atoms with Gasteiger partial charge < -0.3 is 14.7 Å². The summed E-state index contributed by atoms with van der Waals surface area (Å²) in [7, 11) is 0. The molecule has 1 unspecified atom stereocenters. The lowest BCUT2D eigenvalue weighted by Crippen LogP contribution is -2.39. The Kier molecular flexibility index (Phi) is 9.02. The highest BCUT2D eigenvalue weighted by Gasteiger charge is 2.47. The minimum atomic E-state index is -4.90. The lowest BCUT2D eigenvalue weighted by atomic mass is 9.74. The Bertz CT molecular complexity index is 1280. The van der Waals surface area contributed by atoms with E-state index < -0.39 is 53.3 Å². The Morgan fingerprint density at radius 3 is 2.27 bits per heavy atom. The van der Waals surface area contributed by atoms with Gasteiger partial charge in [-0.15, -0.1) is 0 Å². The van der Waals surface area contributed by atoms with Gasteiger partial charge >= 0.3 is 12.1 Å². The van der Waals surface area contributed by atoms with Crippen LogP contribution < -0.4 is 0 Å². The molecule has 2 saturated carbocycles. The smallest absolute Gasteiger partial charge is 0.433 e. The Morgan fingerprint density at radius 1 is 1.17 bits per heavy atom. The molecule has 2 aliphatic rings. The van der Waals surface area contributed by atoms with Gasteiger partial charge in [0.25, 0.3) is 5.91 Å². The van der Waals surface area contributed by atoms with Gasteiger partial charge in [-0.05, 0) is 69.9 Å². The number of ether oxygens (including phenoxy) is 1. The first-order chi connectivity index (χ1) is 19.1. The molecule has 226 valence electrons. The number of aromatic nitrogens is 2. The van der Waals surface area contributed by atoms with Crippen molar-refractivity contribution in [1.29, 1.82) is 0 Å². The zero-order valence-electron chi connectivity index (χ0n) is 23.0. The van der Waals surface area contributed by atoms with Crippen molar-refractivity contribution in [3.8, 4) is 0 Å². The van der Waals surface area contributed by atoms with Crippen LogP contribution >= 0.6 is 23.2 Å². The fourth-order valence-corrected chi connectivity index (χ4v) is 6.18. The number of carbonyl (C=O) groups is 2. The third-order valence-corrected chi connectivity index (χ3v) is 8.83. The number of amides is 1. The molecule has 2 aliphatic carbocycles. The second-order valence-electron chi connectivity index (χ2n) is 11.7. The summed E-state index contributed by atoms with van der Waals surface area (Å²) in [5.41, 5.74) is -2.95. The Hall–Kier alpha value is -2.37. The molecule has 1 atom stereocenters. The van der Waals surface area contributed by atoms with Crippen molar-refractivity contribution >= 4 is 35.1 Å². The Labute approximate surface area is 245 Å². The molecule has 4 rings (SSSR count). The third kappa shape index (κ3) is 6.83. The summed E-state index contributed by atoms with van der Waals surface area (Å²) in [6, 6.07) is 1.25. The number of hydrogen-bond acceptors (Lipinski definition) is 5. The predicted octanol–water partition coefficient (Wildman–Crippen LogP) is 7.01. The number of aliphatic hydroxyl groups excluding tert-OH is 1. The monoisotopic (exact) mass is 621 g/mol. The Balaban J connectivity index is 1.63. The van der Waals surface area contributed by atoms with Gasteiger partial charge in [-0.2, -0.15) is 18.3 Å². The number of esters is 1. The van der Waals surface area contributed by atoms with Crippen LogP contribution in [0.5, 0.6) is 0 Å². The van der Waals surface area contributed by atoms with Crippen LogP contribution in [0, 0.1) is 16.6 Å². The van der Waals surface area contributed by atoms with Gasteiger partial charge in [0.15, 0.2) is 5.69 Å². The number of carbonyl (C=O) groups excluding carboxylic acids is 2. The summed E-state index contributed by atoms with van der Waals surface area (Å²) in [6.07, 6.45) is -2.83. The molecule has 1 N–H and O–H groups in total. The van der Waals surface area contributed by atoms with Gasteiger partial charge in [-0.1, -0.05) is 30.1 Å². The van der Waals surface area contributed by atoms with E-state index >= 15 is 0 Å². The fraction of sp³-hybridized carbons (Fsp3) is 0.607. The number of benzene rings is 1. The zero-order valence-corrected chi connectivity index (χ0v) is 24.5. The summed E-state index contributed by atoms with van der Waals surface area (Å²) in [4.78, 5) is 27.3. The average Bonchev–Trinajstić information content (AvgIpc) is 3.41. The van der Waals surface area contributed by atoms with Crippen LogP contribution in [0.1, 0.15) is 93.1 Å². The van der Waals surface area contributed by atoms with Gasteiger partial charge in [0.1, 0.15) is 5.82 Å². The van der Waals surface area contributed by atoms with Crippen LogP contribution in [-0.2, 0) is 15.7 Å². The number of hydrogen-bond donors (Lipinski definition) is 1. The minimum Gasteiger partial charge on any atom is -0.466 e. The molecule has 0 aliphatic heterocycles. The van der Waals surface area contributed by atoms with Crippen LogP contribution in [0.4, 0.5) is 17.6 Å². The standard InChI is InChI=1S/C28H33Cl2F4N3O4/c1-4-41-25(40)27(3)7-5-17(6-8-27)37-23(28(32,33)34)18(13-35-37)24(39)36(15-26(2)9-10-26)14-21(38)22-19(29)11-16(31)12-20(22)30/h11-13,17,21,38H,4-10,14-15H2,1-3H3. The maximum absolute atomic E-state index is 14.5. The highest BCUT2D eigenvalue weighted by Crippen LogP contribution is 2.47. The molecule has 0 radical (unpaired) electrons. The first-order valence-corrected chi connectivity index (χ1v) is 14.3. The molecule has 0 bridgehead atoms. The van der Waals surface area contributed by atoms with Gasteiger partial charge in [-0.3, -0.25) is 14.3 Å². The molecule has 41 heavy (non-hydrogen) atoms. The van der Waals surface area contributed by atoms with Crippen LogP contribution in [0.25, 0.3) is 0 Å². The summed E-state index contributed by atoms with van der Waals surface area (Å²) in [5, 5.41) is 14.6. The molecular formula is C28H33Cl2F4N3O4. The van der Waals surface area contributed by atoms with Crippen LogP contribution in [0.3, 0.4) is 0 Å². The number of aliphatic hydroxyl groups is 1. The van der Waals surface area contributed by atoms with Crippen LogP contribution in [0.15, 0.2) is 18.3 Å². The van der Waals surface area contributed by atoms with E-state index in [9.17, 15) is 32.3 Å². The van der Waals surface area contributed by atoms with E-state index in [1.165, 1.54) is 0 Å². The molecule has 1 heterocycles. The second-order valence-corrected chi connectivity index (χ2v) is 12.5. The van der Waals surface area contributed by atoms with Crippen molar-refractivity contribution in [3.05, 3.63) is 51.0 Å². The van der Waals surface area contributed by atoms with Crippen molar-refractivity contribution in [2.75, 3.05) is 19.7 Å². The van der Waals surface area contributed by atoms with Gasteiger partial charge in [0.2, 0.25) is 0 Å². The molecule has 0 spiro atoms. The molecule has 1 amide bonds. The lowest BCUT2D eigenvalue weighted by Gasteiger charge is -2.36. The number of alkyl halides is 3. The van der Waals surface area contributed by atoms with Crippen molar-refractivity contribution in [1.82, 2.24) is 14.7 Å². The largest absolute Gasteiger partial charge is 0.466 e. The first-order valence-electron chi connectivity index (χ1n) is 13.5. The SMILES string of the molecule is CCOC(=O)C1(C)CCC(n2ncc(C(=O)N(CC(O)c3c(Cl)cc(F)cc3Cl)CC3(C)CC3)c2C(F)(F)F)CC1. The number of nitrogens with zero attached hydrogens (tertiary/aromatic N) is 3. The summed E-state index contributed by atoms with van der Waals surface area (Å²) < 4.78 is 63.2. The third-order valence-electron chi connectivity index (χ3n) is 8.20. The summed E-state index contributed by atoms with van der Waals surface area (Å²) in [5.74, 6) is -2.05. The zero-order chi connectivity index (χ0) is 30.3. The summed E-state index contributed by atoms with van der Waals surface area (Å²) >= 11 is 12.2. The lowest BCUT2D eigenvalue weighted by molar-refractivity contribution is -0.157. The molecule has 1 aromatic heterocycles. The van der Waals surface area contributed by atoms with E-state index in [4.69, 9.17) is 27.9 Å². The van der Waals surface area contributed by atoms with E-state index in [-0.39, 0.29) is 53.0 Å². The molecular weight excluding hydrogens is 589 g/mol. The molecule has 0 saturated heterocycles. The molecule has 7 nitrogen and oxygen atoms in total. The highest BCUT2D eigenvalue weighted by molar-refractivity contribution is 6.36. The summed E-state index contributed by atoms with van der Waals surface area (Å²) in [6.45, 7) is 5.22. The second kappa shape index (κ2) is 11.7. The molecule has 2 fully saturated rings. The van der Waals surface area contributed by atoms with Gasteiger partial charge in [0.05, 0.1) is 52.5 Å². The maximum atomic E-state index is 14.5. The van der Waals surface area contributed by atoms with Crippen molar-refractivity contribution in [2.45, 2.75) is 77.6 Å². The van der Waals surface area contributed by atoms with Crippen molar-refractivity contribution < 1.29 is 37.0 Å². The van der Waals surface area contributed by atoms with E-state index in [2.05, 4.69) is 5.10 Å². The van der Waals surface area contributed by atoms with Crippen molar-refractivity contribution in [2.24, 2.45) is 10.8 Å². The highest BCUT2D eigenvalue weighted by atomic mass is 35.5. The topological polar surface area (TPSA) is 84.7 Å². The first kappa shape index (κ1) is 31.6. The van der Waals surface area contributed by atoms with E-state index in [1.54, 1.807) is 13.8 Å². The molecule has 2 aromatic rings. The van der Waals surface area contributed by atoms with Crippen molar-refractivity contribution in [3.63, 3.8) is 0 Å². The number of rotatable bonds is 9. The molecule has 1 aromatic carbocycles. The average molecular weight is 622 g/mol. The number of halogens is 6.